The normalized spacial score (nSPS) is 30.1. The van der Waals surface area contributed by atoms with Crippen LogP contribution in [0.5, 0.6) is 0 Å². The van der Waals surface area contributed by atoms with E-state index in [1.165, 1.54) is 37.8 Å². The van der Waals surface area contributed by atoms with E-state index in [1.807, 2.05) is 12.1 Å². The minimum atomic E-state index is -0.411. The van der Waals surface area contributed by atoms with Gasteiger partial charge in [0, 0.05) is 45.0 Å². The van der Waals surface area contributed by atoms with Gasteiger partial charge >= 0.3 is 0 Å². The molecule has 1 aromatic carbocycles. The number of aliphatic hydroxyl groups excluding tert-OH is 1. The van der Waals surface area contributed by atoms with Crippen molar-refractivity contribution >= 4 is 5.69 Å². The van der Waals surface area contributed by atoms with E-state index in [9.17, 15) is 9.50 Å². The lowest BCUT2D eigenvalue weighted by atomic mass is 9.90. The fourth-order valence-electron chi connectivity index (χ4n) is 5.13. The molecule has 0 amide bonds. The molecule has 0 aromatic heterocycles. The number of rotatable bonds is 7. The standard InChI is InChI=1S/C21H31FN2O2/c22-19-3-5-20(6-4-19)24-9-7-23(8-10-24)13-21(25)15-26-14-18-12-16-1-2-17(18)11-16/h3-6,16-18,21,25H,1-2,7-15H2/t16-,17-,18-,21+/m1/s1. The Morgan fingerprint density at radius 2 is 1.85 bits per heavy atom. The Morgan fingerprint density at radius 1 is 1.08 bits per heavy atom. The van der Waals surface area contributed by atoms with Crippen molar-refractivity contribution in [2.45, 2.75) is 31.8 Å². The second kappa shape index (κ2) is 8.24. The Kier molecular flexibility index (Phi) is 5.77. The monoisotopic (exact) mass is 362 g/mol. The van der Waals surface area contributed by atoms with Crippen molar-refractivity contribution in [1.82, 2.24) is 4.90 Å². The summed E-state index contributed by atoms with van der Waals surface area (Å²) in [5, 5.41) is 10.3. The Bertz CT molecular complexity index is 574. The largest absolute Gasteiger partial charge is 0.389 e. The maximum atomic E-state index is 13.0. The number of hydrogen-bond acceptors (Lipinski definition) is 4. The van der Waals surface area contributed by atoms with Gasteiger partial charge in [-0.25, -0.2) is 4.39 Å². The third-order valence-electron chi connectivity index (χ3n) is 6.56. The molecule has 1 saturated heterocycles. The first-order chi connectivity index (χ1) is 12.7. The lowest BCUT2D eigenvalue weighted by Crippen LogP contribution is -2.49. The second-order valence-electron chi connectivity index (χ2n) is 8.39. The number of piperazine rings is 1. The molecule has 4 rings (SSSR count). The van der Waals surface area contributed by atoms with E-state index in [1.54, 1.807) is 0 Å². The molecule has 5 heteroatoms. The van der Waals surface area contributed by atoms with Gasteiger partial charge < -0.3 is 14.7 Å². The van der Waals surface area contributed by atoms with Crippen molar-refractivity contribution in [1.29, 1.82) is 0 Å². The quantitative estimate of drug-likeness (QED) is 0.809. The molecule has 3 fully saturated rings. The zero-order valence-corrected chi connectivity index (χ0v) is 15.5. The first-order valence-corrected chi connectivity index (χ1v) is 10.2. The van der Waals surface area contributed by atoms with Crippen LogP contribution < -0.4 is 4.90 Å². The maximum Gasteiger partial charge on any atom is 0.123 e. The summed E-state index contributed by atoms with van der Waals surface area (Å²) >= 11 is 0. The van der Waals surface area contributed by atoms with Crippen molar-refractivity contribution in [3.8, 4) is 0 Å². The van der Waals surface area contributed by atoms with Crippen molar-refractivity contribution in [3.63, 3.8) is 0 Å². The highest BCUT2D eigenvalue weighted by molar-refractivity contribution is 5.46. The summed E-state index contributed by atoms with van der Waals surface area (Å²) in [6.07, 6.45) is 5.15. The van der Waals surface area contributed by atoms with Crippen molar-refractivity contribution in [2.75, 3.05) is 50.8 Å². The molecule has 4 nitrogen and oxygen atoms in total. The summed E-state index contributed by atoms with van der Waals surface area (Å²) in [5.41, 5.74) is 1.07. The Balaban J connectivity index is 1.13. The van der Waals surface area contributed by atoms with Crippen LogP contribution in [0.3, 0.4) is 0 Å². The van der Waals surface area contributed by atoms with Gasteiger partial charge in [-0.15, -0.1) is 0 Å². The van der Waals surface area contributed by atoms with Crippen LogP contribution in [0.15, 0.2) is 24.3 Å². The van der Waals surface area contributed by atoms with Gasteiger partial charge in [-0.3, -0.25) is 4.90 Å². The van der Waals surface area contributed by atoms with Crippen LogP contribution in [0.2, 0.25) is 0 Å². The zero-order valence-electron chi connectivity index (χ0n) is 15.5. The summed E-state index contributed by atoms with van der Waals surface area (Å²) < 4.78 is 18.9. The van der Waals surface area contributed by atoms with Crippen LogP contribution in [-0.2, 0) is 4.74 Å². The van der Waals surface area contributed by atoms with E-state index in [0.29, 0.717) is 13.2 Å². The Morgan fingerprint density at radius 3 is 2.50 bits per heavy atom. The molecule has 2 aliphatic carbocycles. The molecular weight excluding hydrogens is 331 g/mol. The number of nitrogens with zero attached hydrogens (tertiary/aromatic N) is 2. The van der Waals surface area contributed by atoms with E-state index in [-0.39, 0.29) is 5.82 Å². The predicted molar refractivity (Wildman–Crippen MR) is 101 cm³/mol. The minimum absolute atomic E-state index is 0.194. The lowest BCUT2D eigenvalue weighted by Gasteiger charge is -2.37. The average Bonchev–Trinajstić information content (AvgIpc) is 3.26. The highest BCUT2D eigenvalue weighted by atomic mass is 19.1. The topological polar surface area (TPSA) is 35.9 Å². The number of anilines is 1. The van der Waals surface area contributed by atoms with Gasteiger partial charge in [0.2, 0.25) is 0 Å². The van der Waals surface area contributed by atoms with Gasteiger partial charge in [-0.1, -0.05) is 6.42 Å². The van der Waals surface area contributed by atoms with Crippen LogP contribution in [0.4, 0.5) is 10.1 Å². The molecular formula is C21H31FN2O2. The molecule has 3 aliphatic rings. The molecule has 26 heavy (non-hydrogen) atoms. The van der Waals surface area contributed by atoms with Gasteiger partial charge in [0.25, 0.3) is 0 Å². The molecule has 0 unspecified atom stereocenters. The smallest absolute Gasteiger partial charge is 0.123 e. The van der Waals surface area contributed by atoms with E-state index in [0.717, 1.165) is 56.2 Å². The van der Waals surface area contributed by atoms with Crippen molar-refractivity contribution < 1.29 is 14.2 Å². The van der Waals surface area contributed by atoms with Crippen LogP contribution in [-0.4, -0.2) is 62.0 Å². The summed E-state index contributed by atoms with van der Waals surface area (Å²) in [7, 11) is 0. The fourth-order valence-corrected chi connectivity index (χ4v) is 5.13. The Labute approximate surface area is 155 Å². The maximum absolute atomic E-state index is 13.0. The third-order valence-corrected chi connectivity index (χ3v) is 6.56. The van der Waals surface area contributed by atoms with E-state index in [2.05, 4.69) is 9.80 Å². The fraction of sp³-hybridized carbons (Fsp3) is 0.714. The van der Waals surface area contributed by atoms with E-state index >= 15 is 0 Å². The number of aliphatic hydroxyl groups is 1. The average molecular weight is 362 g/mol. The van der Waals surface area contributed by atoms with Crippen molar-refractivity contribution in [2.24, 2.45) is 17.8 Å². The van der Waals surface area contributed by atoms with E-state index < -0.39 is 6.10 Å². The van der Waals surface area contributed by atoms with Crippen LogP contribution in [0, 0.1) is 23.6 Å². The summed E-state index contributed by atoms with van der Waals surface area (Å²) in [6.45, 7) is 5.60. The molecule has 1 aromatic rings. The molecule has 144 valence electrons. The van der Waals surface area contributed by atoms with Crippen molar-refractivity contribution in [3.05, 3.63) is 30.1 Å². The predicted octanol–water partition coefficient (Wildman–Crippen LogP) is 2.76. The highest BCUT2D eigenvalue weighted by Gasteiger charge is 2.39. The Hall–Kier alpha value is -1.17. The van der Waals surface area contributed by atoms with E-state index in [4.69, 9.17) is 4.74 Å². The number of ether oxygens (including phenoxy) is 1. The molecule has 1 N–H and O–H groups in total. The number of hydrogen-bond donors (Lipinski definition) is 1. The SMILES string of the molecule is O[C@H](COC[C@H]1C[C@@H]2CC[C@@H]1C2)CN1CCN(c2ccc(F)cc2)CC1. The van der Waals surface area contributed by atoms with Crippen LogP contribution >= 0.6 is 0 Å². The lowest BCUT2D eigenvalue weighted by molar-refractivity contribution is -0.00274. The highest BCUT2D eigenvalue weighted by Crippen LogP contribution is 2.48. The first kappa shape index (κ1) is 18.2. The van der Waals surface area contributed by atoms with Gasteiger partial charge in [0.15, 0.2) is 0 Å². The summed E-state index contributed by atoms with van der Waals surface area (Å²) in [4.78, 5) is 4.57. The van der Waals surface area contributed by atoms with Crippen LogP contribution in [0.1, 0.15) is 25.7 Å². The number of fused-ring (bicyclic) bond motifs is 2. The van der Waals surface area contributed by atoms with Gasteiger partial charge in [-0.05, 0) is 61.3 Å². The number of β-amino-alcohol motifs (C(OH)–C–C–N with tert-alkyl or cyclic N) is 1. The molecule has 0 radical (unpaired) electrons. The molecule has 2 saturated carbocycles. The molecule has 0 spiro atoms. The first-order valence-electron chi connectivity index (χ1n) is 10.2. The molecule has 2 bridgehead atoms. The van der Waals surface area contributed by atoms with Crippen LogP contribution in [0.25, 0.3) is 0 Å². The van der Waals surface area contributed by atoms with Gasteiger partial charge in [-0.2, -0.15) is 0 Å². The second-order valence-corrected chi connectivity index (χ2v) is 8.39. The summed E-state index contributed by atoms with van der Waals surface area (Å²) in [5.74, 6) is 2.38. The molecule has 1 aliphatic heterocycles. The summed E-state index contributed by atoms with van der Waals surface area (Å²) in [6, 6.07) is 6.70. The zero-order chi connectivity index (χ0) is 17.9. The molecule has 1 heterocycles. The molecule has 4 atom stereocenters. The number of benzene rings is 1. The third kappa shape index (κ3) is 4.38. The minimum Gasteiger partial charge on any atom is -0.389 e. The van der Waals surface area contributed by atoms with Gasteiger partial charge in [0.05, 0.1) is 12.7 Å². The van der Waals surface area contributed by atoms with Gasteiger partial charge in [0.1, 0.15) is 5.82 Å². The number of halogens is 1.